The first-order chi connectivity index (χ1) is 8.76. The SMILES string of the molecule is Cc1cc(Br)ncc1N1CC(CS(=O)(=O)F)CC1=O. The number of hydrogen-bond donors (Lipinski definition) is 0. The van der Waals surface area contributed by atoms with Crippen LogP contribution in [0.25, 0.3) is 0 Å². The van der Waals surface area contributed by atoms with Crippen LogP contribution >= 0.6 is 15.9 Å². The highest BCUT2D eigenvalue weighted by molar-refractivity contribution is 9.10. The topological polar surface area (TPSA) is 67.3 Å². The Kier molecular flexibility index (Phi) is 3.91. The zero-order valence-electron chi connectivity index (χ0n) is 10.1. The van der Waals surface area contributed by atoms with Crippen LogP contribution in [0.3, 0.4) is 0 Å². The predicted octanol–water partition coefficient (Wildman–Crippen LogP) is 1.80. The van der Waals surface area contributed by atoms with Crippen molar-refractivity contribution in [3.05, 3.63) is 22.4 Å². The van der Waals surface area contributed by atoms with Crippen molar-refractivity contribution in [1.82, 2.24) is 4.98 Å². The van der Waals surface area contributed by atoms with Gasteiger partial charge in [0.25, 0.3) is 0 Å². The lowest BCUT2D eigenvalue weighted by molar-refractivity contribution is -0.117. The molecule has 0 bridgehead atoms. The number of rotatable bonds is 3. The van der Waals surface area contributed by atoms with E-state index in [2.05, 4.69) is 20.9 Å². The third kappa shape index (κ3) is 3.50. The third-order valence-corrected chi connectivity index (χ3v) is 4.28. The average Bonchev–Trinajstić information content (AvgIpc) is 2.56. The van der Waals surface area contributed by atoms with Crippen molar-refractivity contribution in [2.24, 2.45) is 5.92 Å². The molecule has 1 atom stereocenters. The number of aryl methyl sites for hydroxylation is 1. The van der Waals surface area contributed by atoms with E-state index in [0.717, 1.165) is 5.56 Å². The highest BCUT2D eigenvalue weighted by Crippen LogP contribution is 2.29. The number of amides is 1. The molecule has 1 fully saturated rings. The smallest absolute Gasteiger partial charge is 0.302 e. The molecule has 1 aliphatic heterocycles. The van der Waals surface area contributed by atoms with E-state index in [9.17, 15) is 17.1 Å². The number of hydrogen-bond acceptors (Lipinski definition) is 4. The molecule has 19 heavy (non-hydrogen) atoms. The van der Waals surface area contributed by atoms with Gasteiger partial charge < -0.3 is 4.90 Å². The zero-order chi connectivity index (χ0) is 14.2. The van der Waals surface area contributed by atoms with Gasteiger partial charge in [-0.3, -0.25) is 4.79 Å². The molecule has 0 aromatic carbocycles. The van der Waals surface area contributed by atoms with Gasteiger partial charge in [0, 0.05) is 18.9 Å². The van der Waals surface area contributed by atoms with Crippen LogP contribution in [-0.4, -0.2) is 31.6 Å². The van der Waals surface area contributed by atoms with Crippen molar-refractivity contribution in [2.45, 2.75) is 13.3 Å². The van der Waals surface area contributed by atoms with E-state index < -0.39 is 21.9 Å². The first-order valence-corrected chi connectivity index (χ1v) is 7.95. The van der Waals surface area contributed by atoms with Crippen molar-refractivity contribution < 1.29 is 17.1 Å². The first kappa shape index (κ1) is 14.4. The second kappa shape index (κ2) is 5.16. The van der Waals surface area contributed by atoms with Crippen molar-refractivity contribution >= 4 is 37.7 Å². The van der Waals surface area contributed by atoms with Gasteiger partial charge in [0.05, 0.1) is 17.6 Å². The van der Waals surface area contributed by atoms with Crippen LogP contribution in [0.4, 0.5) is 9.57 Å². The van der Waals surface area contributed by atoms with Crippen molar-refractivity contribution in [1.29, 1.82) is 0 Å². The fourth-order valence-corrected chi connectivity index (χ4v) is 3.44. The molecule has 1 amide bonds. The Hall–Kier alpha value is -1.02. The summed E-state index contributed by atoms with van der Waals surface area (Å²) in [6.07, 6.45) is 1.59. The minimum Gasteiger partial charge on any atom is -0.310 e. The second-order valence-corrected chi connectivity index (χ2v) is 6.80. The molecule has 0 saturated carbocycles. The lowest BCUT2D eigenvalue weighted by Crippen LogP contribution is -2.26. The van der Waals surface area contributed by atoms with Crippen LogP contribution in [0.5, 0.6) is 0 Å². The van der Waals surface area contributed by atoms with Crippen LogP contribution < -0.4 is 4.90 Å². The van der Waals surface area contributed by atoms with Crippen LogP contribution in [-0.2, 0) is 15.0 Å². The number of carbonyl (C=O) groups excluding carboxylic acids is 1. The maximum atomic E-state index is 12.7. The Morgan fingerprint density at radius 1 is 1.58 bits per heavy atom. The van der Waals surface area contributed by atoms with Crippen molar-refractivity contribution in [3.8, 4) is 0 Å². The number of pyridine rings is 1. The minimum absolute atomic E-state index is 0.0403. The number of nitrogens with zero attached hydrogens (tertiary/aromatic N) is 2. The molecule has 5 nitrogen and oxygen atoms in total. The van der Waals surface area contributed by atoms with Gasteiger partial charge in [0.15, 0.2) is 0 Å². The predicted molar refractivity (Wildman–Crippen MR) is 72.0 cm³/mol. The standard InChI is InChI=1S/C11H12BrFN2O3S/c1-7-2-10(12)14-4-9(7)15-5-8(3-11(15)16)6-19(13,17)18/h2,4,8H,3,5-6H2,1H3. The summed E-state index contributed by atoms with van der Waals surface area (Å²) in [5.74, 6) is -1.33. The Morgan fingerprint density at radius 2 is 2.26 bits per heavy atom. The van der Waals surface area contributed by atoms with Crippen LogP contribution in [0, 0.1) is 12.8 Å². The normalized spacial score (nSPS) is 20.1. The van der Waals surface area contributed by atoms with Gasteiger partial charge in [-0.25, -0.2) is 4.98 Å². The van der Waals surface area contributed by atoms with Gasteiger partial charge >= 0.3 is 10.2 Å². The van der Waals surface area contributed by atoms with E-state index in [4.69, 9.17) is 0 Å². The van der Waals surface area contributed by atoms with Crippen molar-refractivity contribution in [3.63, 3.8) is 0 Å². The molecule has 8 heteroatoms. The second-order valence-electron chi connectivity index (χ2n) is 4.57. The molecule has 0 radical (unpaired) electrons. The number of halogens is 2. The summed E-state index contributed by atoms with van der Waals surface area (Å²) in [4.78, 5) is 17.4. The molecule has 1 saturated heterocycles. The molecule has 0 spiro atoms. The highest BCUT2D eigenvalue weighted by atomic mass is 79.9. The summed E-state index contributed by atoms with van der Waals surface area (Å²) < 4.78 is 34.6. The number of aromatic nitrogens is 1. The van der Waals surface area contributed by atoms with Gasteiger partial charge in [0.1, 0.15) is 4.60 Å². The van der Waals surface area contributed by atoms with Gasteiger partial charge in [-0.2, -0.15) is 8.42 Å². The molecule has 0 N–H and O–H groups in total. The largest absolute Gasteiger partial charge is 0.310 e. The lowest BCUT2D eigenvalue weighted by Gasteiger charge is -2.18. The first-order valence-electron chi connectivity index (χ1n) is 5.61. The molecule has 1 aromatic rings. The minimum atomic E-state index is -4.56. The maximum absolute atomic E-state index is 12.7. The molecule has 1 aliphatic rings. The fraction of sp³-hybridized carbons (Fsp3) is 0.455. The molecule has 0 aliphatic carbocycles. The van der Waals surface area contributed by atoms with Crippen LogP contribution in [0.2, 0.25) is 0 Å². The number of anilines is 1. The molecule has 104 valence electrons. The molecular formula is C11H12BrFN2O3S. The Morgan fingerprint density at radius 3 is 2.84 bits per heavy atom. The molecule has 1 aromatic heterocycles. The fourth-order valence-electron chi connectivity index (χ4n) is 2.20. The van der Waals surface area contributed by atoms with E-state index in [-0.39, 0.29) is 18.9 Å². The molecule has 2 rings (SSSR count). The van der Waals surface area contributed by atoms with Crippen LogP contribution in [0.15, 0.2) is 16.9 Å². The zero-order valence-corrected chi connectivity index (χ0v) is 12.5. The van der Waals surface area contributed by atoms with Gasteiger partial charge in [0.2, 0.25) is 5.91 Å². The Balaban J connectivity index is 2.20. The summed E-state index contributed by atoms with van der Waals surface area (Å²) in [7, 11) is -4.56. The summed E-state index contributed by atoms with van der Waals surface area (Å²) >= 11 is 3.23. The van der Waals surface area contributed by atoms with E-state index in [1.54, 1.807) is 12.3 Å². The van der Waals surface area contributed by atoms with Crippen LogP contribution in [0.1, 0.15) is 12.0 Å². The third-order valence-electron chi connectivity index (χ3n) is 2.98. The molecule has 1 unspecified atom stereocenters. The Labute approximate surface area is 119 Å². The Bertz CT molecular complexity index is 620. The van der Waals surface area contributed by atoms with E-state index >= 15 is 0 Å². The van der Waals surface area contributed by atoms with E-state index in [0.29, 0.717) is 10.3 Å². The average molecular weight is 351 g/mol. The van der Waals surface area contributed by atoms with Gasteiger partial charge in [-0.15, -0.1) is 3.89 Å². The summed E-state index contributed by atoms with van der Waals surface area (Å²) in [5.41, 5.74) is 1.48. The monoisotopic (exact) mass is 350 g/mol. The van der Waals surface area contributed by atoms with E-state index in [1.165, 1.54) is 4.90 Å². The number of carbonyl (C=O) groups is 1. The molecular weight excluding hydrogens is 339 g/mol. The quantitative estimate of drug-likeness (QED) is 0.615. The summed E-state index contributed by atoms with van der Waals surface area (Å²) in [6.45, 7) is 2.03. The maximum Gasteiger partial charge on any atom is 0.302 e. The van der Waals surface area contributed by atoms with Crippen molar-refractivity contribution in [2.75, 3.05) is 17.2 Å². The van der Waals surface area contributed by atoms with E-state index in [1.807, 2.05) is 6.92 Å². The van der Waals surface area contributed by atoms with Gasteiger partial charge in [-0.1, -0.05) is 0 Å². The summed E-state index contributed by atoms with van der Waals surface area (Å²) in [5, 5.41) is 0. The summed E-state index contributed by atoms with van der Waals surface area (Å²) in [6, 6.07) is 1.77. The van der Waals surface area contributed by atoms with Gasteiger partial charge in [-0.05, 0) is 34.5 Å². The lowest BCUT2D eigenvalue weighted by atomic mass is 10.1. The highest BCUT2D eigenvalue weighted by Gasteiger charge is 2.34. The molecule has 2 heterocycles.